The number of aryl methyl sites for hydroxylation is 1. The summed E-state index contributed by atoms with van der Waals surface area (Å²) in [6, 6.07) is 11.8. The molecule has 1 aromatic carbocycles. The lowest BCUT2D eigenvalue weighted by Crippen LogP contribution is -2.19. The van der Waals surface area contributed by atoms with Crippen LogP contribution in [-0.4, -0.2) is 9.78 Å². The van der Waals surface area contributed by atoms with Gasteiger partial charge in [0.2, 0.25) is 0 Å². The minimum atomic E-state index is 0.431. The smallest absolute Gasteiger partial charge is 0.0762 e. The van der Waals surface area contributed by atoms with Crippen LogP contribution < -0.4 is 5.32 Å². The van der Waals surface area contributed by atoms with Gasteiger partial charge < -0.3 is 5.32 Å². The van der Waals surface area contributed by atoms with Gasteiger partial charge >= 0.3 is 0 Å². The van der Waals surface area contributed by atoms with Crippen LogP contribution in [0, 0.1) is 0 Å². The van der Waals surface area contributed by atoms with Crippen molar-refractivity contribution < 1.29 is 0 Å². The first kappa shape index (κ1) is 12.4. The second kappa shape index (κ2) is 5.17. The Morgan fingerprint density at radius 3 is 2.95 bits per heavy atom. The first-order chi connectivity index (χ1) is 9.24. The van der Waals surface area contributed by atoms with Gasteiger partial charge in [0.1, 0.15) is 0 Å². The van der Waals surface area contributed by atoms with Crippen LogP contribution in [-0.2, 0) is 13.0 Å². The molecule has 3 rings (SSSR count). The zero-order valence-electron chi connectivity index (χ0n) is 11.6. The van der Waals surface area contributed by atoms with Crippen molar-refractivity contribution in [2.45, 2.75) is 45.3 Å². The van der Waals surface area contributed by atoms with E-state index >= 15 is 0 Å². The molecule has 3 heteroatoms. The van der Waals surface area contributed by atoms with Gasteiger partial charge in [0.15, 0.2) is 0 Å². The zero-order chi connectivity index (χ0) is 13.2. The first-order valence-corrected chi connectivity index (χ1v) is 7.09. The van der Waals surface area contributed by atoms with Crippen LogP contribution in [0.2, 0.25) is 0 Å². The Bertz CT molecular complexity index is 557. The standard InChI is InChI=1S/C16H21N3/c1-12(2)19-10-9-14(18-19)11-17-16-8-7-13-5-3-4-6-15(13)16/h3-6,9-10,12,16-17H,7-8,11H2,1-2H3. The van der Waals surface area contributed by atoms with Gasteiger partial charge in [-0.15, -0.1) is 0 Å². The summed E-state index contributed by atoms with van der Waals surface area (Å²) in [5.41, 5.74) is 4.08. The normalized spacial score (nSPS) is 17.9. The molecule has 100 valence electrons. The van der Waals surface area contributed by atoms with Gasteiger partial charge in [-0.1, -0.05) is 24.3 Å². The SMILES string of the molecule is CC(C)n1ccc(CNC2CCc3ccccc32)n1. The number of fused-ring (bicyclic) bond motifs is 1. The lowest BCUT2D eigenvalue weighted by Gasteiger charge is -2.13. The molecule has 0 saturated heterocycles. The minimum absolute atomic E-state index is 0.431. The lowest BCUT2D eigenvalue weighted by atomic mass is 10.1. The highest BCUT2D eigenvalue weighted by molar-refractivity contribution is 5.34. The number of benzene rings is 1. The average molecular weight is 255 g/mol. The zero-order valence-corrected chi connectivity index (χ0v) is 11.6. The van der Waals surface area contributed by atoms with Crippen molar-refractivity contribution >= 4 is 0 Å². The third-order valence-corrected chi connectivity index (χ3v) is 3.86. The van der Waals surface area contributed by atoms with E-state index in [9.17, 15) is 0 Å². The van der Waals surface area contributed by atoms with Crippen molar-refractivity contribution in [1.29, 1.82) is 0 Å². The number of hydrogen-bond donors (Lipinski definition) is 1. The summed E-state index contributed by atoms with van der Waals surface area (Å²) in [5, 5.41) is 8.21. The predicted molar refractivity (Wildman–Crippen MR) is 77.0 cm³/mol. The summed E-state index contributed by atoms with van der Waals surface area (Å²) in [5.74, 6) is 0. The topological polar surface area (TPSA) is 29.9 Å². The second-order valence-electron chi connectivity index (χ2n) is 5.55. The van der Waals surface area contributed by atoms with Gasteiger partial charge in [-0.2, -0.15) is 5.10 Å². The maximum Gasteiger partial charge on any atom is 0.0762 e. The molecule has 1 unspecified atom stereocenters. The van der Waals surface area contributed by atoms with E-state index in [1.165, 1.54) is 24.0 Å². The van der Waals surface area contributed by atoms with E-state index in [4.69, 9.17) is 0 Å². The Labute approximate surface area is 114 Å². The fourth-order valence-electron chi connectivity index (χ4n) is 2.76. The van der Waals surface area contributed by atoms with Crippen LogP contribution in [0.25, 0.3) is 0 Å². The summed E-state index contributed by atoms with van der Waals surface area (Å²) in [6.07, 6.45) is 4.45. The van der Waals surface area contributed by atoms with Gasteiger partial charge in [0.25, 0.3) is 0 Å². The molecule has 0 amide bonds. The molecule has 0 fully saturated rings. The van der Waals surface area contributed by atoms with Gasteiger partial charge in [-0.05, 0) is 43.9 Å². The molecule has 1 atom stereocenters. The van der Waals surface area contributed by atoms with Gasteiger partial charge in [-0.25, -0.2) is 0 Å². The van der Waals surface area contributed by atoms with Crippen LogP contribution in [0.4, 0.5) is 0 Å². The first-order valence-electron chi connectivity index (χ1n) is 7.09. The number of aromatic nitrogens is 2. The van der Waals surface area contributed by atoms with Crippen molar-refractivity contribution in [2.75, 3.05) is 0 Å². The molecule has 1 aliphatic carbocycles. The van der Waals surface area contributed by atoms with Crippen LogP contribution in [0.5, 0.6) is 0 Å². The summed E-state index contributed by atoms with van der Waals surface area (Å²) in [4.78, 5) is 0. The van der Waals surface area contributed by atoms with Crippen molar-refractivity contribution in [2.24, 2.45) is 0 Å². The fourth-order valence-corrected chi connectivity index (χ4v) is 2.76. The summed E-state index contributed by atoms with van der Waals surface area (Å²) in [6.45, 7) is 5.15. The Morgan fingerprint density at radius 1 is 1.32 bits per heavy atom. The van der Waals surface area contributed by atoms with Gasteiger partial charge in [0, 0.05) is 24.8 Å². The molecule has 2 aromatic rings. The van der Waals surface area contributed by atoms with Crippen LogP contribution >= 0.6 is 0 Å². The van der Waals surface area contributed by atoms with Crippen LogP contribution in [0.3, 0.4) is 0 Å². The van der Waals surface area contributed by atoms with Gasteiger partial charge in [0.05, 0.1) is 5.69 Å². The maximum atomic E-state index is 4.58. The molecule has 1 heterocycles. The summed E-state index contributed by atoms with van der Waals surface area (Å²) in [7, 11) is 0. The third kappa shape index (κ3) is 2.56. The Hall–Kier alpha value is -1.61. The maximum absolute atomic E-state index is 4.58. The van der Waals surface area contributed by atoms with E-state index in [1.54, 1.807) is 0 Å². The molecule has 0 radical (unpaired) electrons. The molecular weight excluding hydrogens is 234 g/mol. The molecule has 1 N–H and O–H groups in total. The van der Waals surface area contributed by atoms with E-state index in [2.05, 4.69) is 60.8 Å². The molecule has 0 aliphatic heterocycles. The molecule has 1 aliphatic rings. The third-order valence-electron chi connectivity index (χ3n) is 3.86. The van der Waals surface area contributed by atoms with E-state index in [1.807, 2.05) is 4.68 Å². The number of hydrogen-bond acceptors (Lipinski definition) is 2. The molecule has 3 nitrogen and oxygen atoms in total. The van der Waals surface area contributed by atoms with Crippen molar-refractivity contribution in [3.05, 3.63) is 53.3 Å². The quantitative estimate of drug-likeness (QED) is 0.909. The Kier molecular flexibility index (Phi) is 3.38. The molecule has 19 heavy (non-hydrogen) atoms. The highest BCUT2D eigenvalue weighted by Gasteiger charge is 2.21. The molecule has 0 spiro atoms. The molecule has 0 bridgehead atoms. The molecule has 0 saturated carbocycles. The lowest BCUT2D eigenvalue weighted by molar-refractivity contribution is 0.499. The number of nitrogens with one attached hydrogen (secondary N) is 1. The monoisotopic (exact) mass is 255 g/mol. The molecule has 1 aromatic heterocycles. The highest BCUT2D eigenvalue weighted by Crippen LogP contribution is 2.30. The van der Waals surface area contributed by atoms with Crippen LogP contribution in [0.1, 0.15) is 49.2 Å². The molecular formula is C16H21N3. The largest absolute Gasteiger partial charge is 0.304 e. The fraction of sp³-hybridized carbons (Fsp3) is 0.438. The summed E-state index contributed by atoms with van der Waals surface area (Å²) >= 11 is 0. The van der Waals surface area contributed by atoms with E-state index < -0.39 is 0 Å². The van der Waals surface area contributed by atoms with Crippen molar-refractivity contribution in [3.8, 4) is 0 Å². The minimum Gasteiger partial charge on any atom is -0.304 e. The van der Waals surface area contributed by atoms with E-state index in [0.29, 0.717) is 12.1 Å². The van der Waals surface area contributed by atoms with E-state index in [-0.39, 0.29) is 0 Å². The van der Waals surface area contributed by atoms with Gasteiger partial charge in [-0.3, -0.25) is 4.68 Å². The predicted octanol–water partition coefficient (Wildman–Crippen LogP) is 3.24. The number of nitrogens with zero attached hydrogens (tertiary/aromatic N) is 2. The van der Waals surface area contributed by atoms with Crippen LogP contribution in [0.15, 0.2) is 36.5 Å². The van der Waals surface area contributed by atoms with Crippen molar-refractivity contribution in [3.63, 3.8) is 0 Å². The highest BCUT2D eigenvalue weighted by atomic mass is 15.3. The van der Waals surface area contributed by atoms with E-state index in [0.717, 1.165) is 12.2 Å². The average Bonchev–Trinajstić information content (AvgIpc) is 3.03. The number of rotatable bonds is 4. The summed E-state index contributed by atoms with van der Waals surface area (Å²) < 4.78 is 2.01. The Balaban J connectivity index is 1.64. The van der Waals surface area contributed by atoms with Crippen molar-refractivity contribution in [1.82, 2.24) is 15.1 Å². The Morgan fingerprint density at radius 2 is 2.16 bits per heavy atom. The second-order valence-corrected chi connectivity index (χ2v) is 5.55.